The molecule has 0 radical (unpaired) electrons. The van der Waals surface area contributed by atoms with Crippen molar-refractivity contribution in [3.05, 3.63) is 0 Å². The molecule has 1 aliphatic rings. The third kappa shape index (κ3) is 4.05. The Kier molecular flexibility index (Phi) is 4.49. The average Bonchev–Trinajstić information content (AvgIpc) is 2.95. The maximum atomic E-state index is 8.96. The van der Waals surface area contributed by atoms with Gasteiger partial charge in [0.1, 0.15) is 0 Å². The van der Waals surface area contributed by atoms with Crippen molar-refractivity contribution in [1.82, 2.24) is 4.90 Å². The van der Waals surface area contributed by atoms with Crippen LogP contribution in [0.3, 0.4) is 0 Å². The molecular weight excluding hydrogens is 208 g/mol. The van der Waals surface area contributed by atoms with Crippen LogP contribution in [0.5, 0.6) is 0 Å². The number of aliphatic hydroxyl groups is 1. The predicted molar refractivity (Wildman–Crippen MR) is 66.9 cm³/mol. The molecule has 1 saturated carbocycles. The standard InChI is InChI=1S/C11H22N2OS/c1-11(2,10(12)15)5-6-13(7-8-14)9-3-4-9/h9,14H,3-8H2,1-2H3,(H2,12,15). The molecule has 0 unspecified atom stereocenters. The summed E-state index contributed by atoms with van der Waals surface area (Å²) in [6, 6.07) is 0.694. The second-order valence-corrected chi connectivity index (χ2v) is 5.43. The summed E-state index contributed by atoms with van der Waals surface area (Å²) in [5, 5.41) is 8.96. The summed E-state index contributed by atoms with van der Waals surface area (Å²) in [6.07, 6.45) is 3.51. The average molecular weight is 230 g/mol. The zero-order chi connectivity index (χ0) is 11.5. The topological polar surface area (TPSA) is 49.5 Å². The lowest BCUT2D eigenvalue weighted by Crippen LogP contribution is -2.37. The summed E-state index contributed by atoms with van der Waals surface area (Å²) in [5.74, 6) is 0. The molecule has 1 aliphatic carbocycles. The quantitative estimate of drug-likeness (QED) is 0.644. The van der Waals surface area contributed by atoms with Crippen LogP contribution >= 0.6 is 12.2 Å². The van der Waals surface area contributed by atoms with Gasteiger partial charge < -0.3 is 10.8 Å². The predicted octanol–water partition coefficient (Wildman–Crippen LogP) is 1.15. The van der Waals surface area contributed by atoms with Crippen LogP contribution in [0.2, 0.25) is 0 Å². The fraction of sp³-hybridized carbons (Fsp3) is 0.909. The molecule has 1 fully saturated rings. The molecule has 0 saturated heterocycles. The number of hydrogen-bond acceptors (Lipinski definition) is 3. The zero-order valence-corrected chi connectivity index (χ0v) is 10.5. The SMILES string of the molecule is CC(C)(CCN(CCO)C1CC1)C(N)=S. The molecule has 0 spiro atoms. The first-order chi connectivity index (χ1) is 6.97. The van der Waals surface area contributed by atoms with Crippen molar-refractivity contribution >= 4 is 17.2 Å². The zero-order valence-electron chi connectivity index (χ0n) is 9.70. The lowest BCUT2D eigenvalue weighted by atomic mass is 9.89. The van der Waals surface area contributed by atoms with Gasteiger partial charge in [-0.2, -0.15) is 0 Å². The van der Waals surface area contributed by atoms with Crippen LogP contribution in [0, 0.1) is 5.41 Å². The first-order valence-corrected chi connectivity index (χ1v) is 6.03. The first-order valence-electron chi connectivity index (χ1n) is 5.62. The second-order valence-electron chi connectivity index (χ2n) is 4.99. The fourth-order valence-corrected chi connectivity index (χ4v) is 1.69. The summed E-state index contributed by atoms with van der Waals surface area (Å²) >= 11 is 5.04. The lowest BCUT2D eigenvalue weighted by molar-refractivity contribution is 0.178. The van der Waals surface area contributed by atoms with E-state index >= 15 is 0 Å². The van der Waals surface area contributed by atoms with Gasteiger partial charge in [-0.15, -0.1) is 0 Å². The monoisotopic (exact) mass is 230 g/mol. The normalized spacial score (nSPS) is 17.1. The molecule has 3 nitrogen and oxygen atoms in total. The van der Waals surface area contributed by atoms with Gasteiger partial charge in [0.25, 0.3) is 0 Å². The summed E-state index contributed by atoms with van der Waals surface area (Å²) in [4.78, 5) is 2.93. The fourth-order valence-electron chi connectivity index (χ4n) is 1.59. The third-order valence-corrected chi connectivity index (χ3v) is 3.69. The van der Waals surface area contributed by atoms with Gasteiger partial charge >= 0.3 is 0 Å². The van der Waals surface area contributed by atoms with Gasteiger partial charge in [-0.05, 0) is 25.8 Å². The molecule has 0 aromatic rings. The van der Waals surface area contributed by atoms with Crippen molar-refractivity contribution in [2.75, 3.05) is 19.7 Å². The number of rotatable bonds is 7. The maximum Gasteiger partial charge on any atom is 0.0784 e. The van der Waals surface area contributed by atoms with Crippen molar-refractivity contribution in [3.8, 4) is 0 Å². The molecule has 0 aliphatic heterocycles. The molecule has 88 valence electrons. The summed E-state index contributed by atoms with van der Waals surface area (Å²) < 4.78 is 0. The number of nitrogens with zero attached hydrogens (tertiary/aromatic N) is 1. The minimum Gasteiger partial charge on any atom is -0.395 e. The molecule has 0 aromatic carbocycles. The molecule has 3 N–H and O–H groups in total. The Labute approximate surface area is 97.6 Å². The van der Waals surface area contributed by atoms with Crippen LogP contribution in [0.15, 0.2) is 0 Å². The van der Waals surface area contributed by atoms with Crippen molar-refractivity contribution < 1.29 is 5.11 Å². The Morgan fingerprint density at radius 2 is 2.07 bits per heavy atom. The van der Waals surface area contributed by atoms with Crippen molar-refractivity contribution in [3.63, 3.8) is 0 Å². The molecule has 0 atom stereocenters. The number of thiocarbonyl (C=S) groups is 1. The Bertz CT molecular complexity index is 227. The third-order valence-electron chi connectivity index (χ3n) is 3.14. The number of hydrogen-bond donors (Lipinski definition) is 2. The molecule has 0 bridgehead atoms. The van der Waals surface area contributed by atoms with Gasteiger partial charge in [-0.1, -0.05) is 26.1 Å². The smallest absolute Gasteiger partial charge is 0.0784 e. The Hall–Kier alpha value is -0.190. The molecule has 0 aromatic heterocycles. The highest BCUT2D eigenvalue weighted by molar-refractivity contribution is 7.80. The molecular formula is C11H22N2OS. The van der Waals surface area contributed by atoms with Gasteiger partial charge in [-0.25, -0.2) is 0 Å². The molecule has 15 heavy (non-hydrogen) atoms. The van der Waals surface area contributed by atoms with Crippen molar-refractivity contribution in [1.29, 1.82) is 0 Å². The van der Waals surface area contributed by atoms with E-state index in [0.717, 1.165) is 19.5 Å². The van der Waals surface area contributed by atoms with Crippen LogP contribution < -0.4 is 5.73 Å². The van der Waals surface area contributed by atoms with E-state index in [-0.39, 0.29) is 12.0 Å². The van der Waals surface area contributed by atoms with Crippen LogP contribution in [-0.4, -0.2) is 40.7 Å². The number of nitrogens with two attached hydrogens (primary N) is 1. The van der Waals surface area contributed by atoms with E-state index in [4.69, 9.17) is 23.1 Å². The maximum absolute atomic E-state index is 8.96. The van der Waals surface area contributed by atoms with Crippen LogP contribution in [0.25, 0.3) is 0 Å². The van der Waals surface area contributed by atoms with Gasteiger partial charge in [-0.3, -0.25) is 4.90 Å². The molecule has 1 rings (SSSR count). The number of aliphatic hydroxyl groups excluding tert-OH is 1. The van der Waals surface area contributed by atoms with E-state index in [1.165, 1.54) is 12.8 Å². The summed E-state index contributed by atoms with van der Waals surface area (Å²) in [6.45, 7) is 6.16. The van der Waals surface area contributed by atoms with Crippen LogP contribution in [-0.2, 0) is 0 Å². The molecule has 0 amide bonds. The van der Waals surface area contributed by atoms with E-state index < -0.39 is 0 Å². The Morgan fingerprint density at radius 1 is 1.47 bits per heavy atom. The summed E-state index contributed by atoms with van der Waals surface area (Å²) in [5.41, 5.74) is 5.61. The van der Waals surface area contributed by atoms with E-state index in [9.17, 15) is 0 Å². The Balaban J connectivity index is 2.35. The van der Waals surface area contributed by atoms with E-state index in [1.54, 1.807) is 0 Å². The van der Waals surface area contributed by atoms with Crippen LogP contribution in [0.4, 0.5) is 0 Å². The first kappa shape index (κ1) is 12.9. The summed E-state index contributed by atoms with van der Waals surface area (Å²) in [7, 11) is 0. The minimum absolute atomic E-state index is 0.0715. The van der Waals surface area contributed by atoms with Crippen molar-refractivity contribution in [2.24, 2.45) is 11.1 Å². The second kappa shape index (κ2) is 5.23. The highest BCUT2D eigenvalue weighted by Gasteiger charge is 2.30. The van der Waals surface area contributed by atoms with E-state index in [1.807, 2.05) is 0 Å². The van der Waals surface area contributed by atoms with E-state index in [0.29, 0.717) is 11.0 Å². The highest BCUT2D eigenvalue weighted by Crippen LogP contribution is 2.29. The highest BCUT2D eigenvalue weighted by atomic mass is 32.1. The Morgan fingerprint density at radius 3 is 2.47 bits per heavy atom. The van der Waals surface area contributed by atoms with Gasteiger partial charge in [0.05, 0.1) is 11.6 Å². The van der Waals surface area contributed by atoms with Gasteiger partial charge in [0.15, 0.2) is 0 Å². The largest absolute Gasteiger partial charge is 0.395 e. The minimum atomic E-state index is -0.0715. The van der Waals surface area contributed by atoms with Crippen molar-refractivity contribution in [2.45, 2.75) is 39.2 Å². The van der Waals surface area contributed by atoms with Gasteiger partial charge in [0.2, 0.25) is 0 Å². The van der Waals surface area contributed by atoms with E-state index in [2.05, 4.69) is 18.7 Å². The van der Waals surface area contributed by atoms with Gasteiger partial charge in [0, 0.05) is 18.0 Å². The molecule has 4 heteroatoms. The molecule has 0 heterocycles. The van der Waals surface area contributed by atoms with Crippen LogP contribution in [0.1, 0.15) is 33.1 Å². The lowest BCUT2D eigenvalue weighted by Gasteiger charge is -2.28.